The second-order valence-electron chi connectivity index (χ2n) is 2.71. The van der Waals surface area contributed by atoms with E-state index in [1.165, 1.54) is 5.01 Å². The molecule has 0 N–H and O–H groups in total. The van der Waals surface area contributed by atoms with Crippen molar-refractivity contribution in [3.8, 4) is 0 Å². The molecule has 0 spiro atoms. The van der Waals surface area contributed by atoms with E-state index in [0.29, 0.717) is 5.88 Å². The molecule has 0 atom stereocenters. The van der Waals surface area contributed by atoms with Crippen molar-refractivity contribution in [1.29, 1.82) is 0 Å². The molecule has 70 valence electrons. The van der Waals surface area contributed by atoms with E-state index in [4.69, 9.17) is 0 Å². The lowest BCUT2D eigenvalue weighted by Crippen LogP contribution is -2.22. The molecule has 0 radical (unpaired) electrons. The molecule has 0 aromatic rings. The van der Waals surface area contributed by atoms with Crippen molar-refractivity contribution in [2.45, 2.75) is 26.1 Å². The molecule has 1 rings (SSSR count). The van der Waals surface area contributed by atoms with E-state index in [1.54, 1.807) is 0 Å². The van der Waals surface area contributed by atoms with Gasteiger partial charge in [0, 0.05) is 6.04 Å². The van der Waals surface area contributed by atoms with Crippen LogP contribution in [0.3, 0.4) is 0 Å². The summed E-state index contributed by atoms with van der Waals surface area (Å²) in [7, 11) is 0. The zero-order valence-corrected chi connectivity index (χ0v) is 7.54. The van der Waals surface area contributed by atoms with E-state index < -0.39 is 11.2 Å². The number of thioether (sulfide) groups is 1. The van der Waals surface area contributed by atoms with Crippen molar-refractivity contribution in [1.82, 2.24) is 5.01 Å². The summed E-state index contributed by atoms with van der Waals surface area (Å²) in [6, 6.07) is 0.0253. The summed E-state index contributed by atoms with van der Waals surface area (Å²) in [4.78, 5) is 0. The van der Waals surface area contributed by atoms with E-state index in [-0.39, 0.29) is 6.04 Å². The highest BCUT2D eigenvalue weighted by Crippen LogP contribution is 2.30. The third kappa shape index (κ3) is 2.06. The second kappa shape index (κ2) is 3.16. The molecule has 0 unspecified atom stereocenters. The van der Waals surface area contributed by atoms with Crippen LogP contribution in [0.2, 0.25) is 0 Å². The Labute approximate surface area is 72.8 Å². The van der Waals surface area contributed by atoms with Crippen LogP contribution in [0.15, 0.2) is 5.10 Å². The van der Waals surface area contributed by atoms with Crippen molar-refractivity contribution >= 4 is 16.8 Å². The lowest BCUT2D eigenvalue weighted by Gasteiger charge is -2.16. The van der Waals surface area contributed by atoms with Gasteiger partial charge >= 0.3 is 6.18 Å². The van der Waals surface area contributed by atoms with Crippen molar-refractivity contribution < 1.29 is 13.2 Å². The monoisotopic (exact) mass is 198 g/mol. The molecule has 0 saturated carbocycles. The molecule has 0 fully saturated rings. The van der Waals surface area contributed by atoms with Crippen LogP contribution in [0.4, 0.5) is 13.2 Å². The van der Waals surface area contributed by atoms with Gasteiger partial charge in [-0.05, 0) is 13.8 Å². The summed E-state index contributed by atoms with van der Waals surface area (Å²) in [6.45, 7) is 3.62. The topological polar surface area (TPSA) is 15.6 Å². The number of nitrogens with zero attached hydrogens (tertiary/aromatic N) is 2. The van der Waals surface area contributed by atoms with Gasteiger partial charge in [0.25, 0.3) is 0 Å². The Morgan fingerprint density at radius 3 is 2.33 bits per heavy atom. The van der Waals surface area contributed by atoms with Gasteiger partial charge in [0.15, 0.2) is 5.04 Å². The minimum absolute atomic E-state index is 0.0253. The maximum atomic E-state index is 12.0. The van der Waals surface area contributed by atoms with Gasteiger partial charge in [-0.15, -0.1) is 0 Å². The summed E-state index contributed by atoms with van der Waals surface area (Å²) in [5, 5.41) is 4.13. The number of alkyl halides is 3. The Hall–Kier alpha value is -0.390. The minimum atomic E-state index is -4.28. The number of halogens is 3. The lowest BCUT2D eigenvalue weighted by molar-refractivity contribution is -0.0562. The van der Waals surface area contributed by atoms with Crippen molar-refractivity contribution in [2.75, 3.05) is 5.88 Å². The van der Waals surface area contributed by atoms with Crippen LogP contribution in [0.5, 0.6) is 0 Å². The molecular formula is C6H9F3N2S. The van der Waals surface area contributed by atoms with Crippen molar-refractivity contribution in [3.63, 3.8) is 0 Å². The summed E-state index contributed by atoms with van der Waals surface area (Å²) in [5.74, 6) is 0.298. The normalized spacial score (nSPS) is 18.8. The maximum absolute atomic E-state index is 12.0. The van der Waals surface area contributed by atoms with Crippen LogP contribution in [0.1, 0.15) is 13.8 Å². The fourth-order valence-electron chi connectivity index (χ4n) is 0.705. The lowest BCUT2D eigenvalue weighted by atomic mass is 10.4. The standard InChI is InChI=1S/C6H9F3N2S/c1-4(2)11-3-12-5(10-11)6(7,8)9/h4H,3H2,1-2H3. The first-order valence-electron chi connectivity index (χ1n) is 3.46. The SMILES string of the molecule is CC(C)N1CSC(C(F)(F)F)=N1. The van der Waals surface area contributed by atoms with Gasteiger partial charge in [0.1, 0.15) is 0 Å². The average Bonchev–Trinajstić information content (AvgIpc) is 2.30. The van der Waals surface area contributed by atoms with Gasteiger partial charge in [-0.2, -0.15) is 18.3 Å². The van der Waals surface area contributed by atoms with Crippen molar-refractivity contribution in [2.24, 2.45) is 5.10 Å². The third-order valence-electron chi connectivity index (χ3n) is 1.39. The van der Waals surface area contributed by atoms with E-state index in [0.717, 1.165) is 11.8 Å². The molecule has 0 amide bonds. The molecule has 1 aliphatic rings. The first kappa shape index (κ1) is 9.70. The Balaban J connectivity index is 2.66. The first-order valence-corrected chi connectivity index (χ1v) is 4.45. The predicted octanol–water partition coefficient (Wildman–Crippen LogP) is 2.28. The quantitative estimate of drug-likeness (QED) is 0.642. The van der Waals surface area contributed by atoms with E-state index in [2.05, 4.69) is 5.10 Å². The van der Waals surface area contributed by atoms with E-state index in [9.17, 15) is 13.2 Å². The molecule has 1 heterocycles. The van der Waals surface area contributed by atoms with Crippen LogP contribution in [0.25, 0.3) is 0 Å². The van der Waals surface area contributed by atoms with E-state index >= 15 is 0 Å². The number of hydrogen-bond donors (Lipinski definition) is 0. The molecular weight excluding hydrogens is 189 g/mol. The van der Waals surface area contributed by atoms with Crippen molar-refractivity contribution in [3.05, 3.63) is 0 Å². The Bertz CT molecular complexity index is 199. The predicted molar refractivity (Wildman–Crippen MR) is 42.9 cm³/mol. The third-order valence-corrected chi connectivity index (χ3v) is 2.37. The molecule has 0 aromatic heterocycles. The van der Waals surface area contributed by atoms with Crippen LogP contribution in [-0.4, -0.2) is 28.1 Å². The summed E-state index contributed by atoms with van der Waals surface area (Å²) in [5.41, 5.74) is 0. The van der Waals surface area contributed by atoms with E-state index in [1.807, 2.05) is 13.8 Å². The number of hydrogen-bond acceptors (Lipinski definition) is 3. The molecule has 0 bridgehead atoms. The van der Waals surface area contributed by atoms with Gasteiger partial charge in [0.2, 0.25) is 0 Å². The summed E-state index contributed by atoms with van der Waals surface area (Å²) < 4.78 is 36.1. The fourth-order valence-corrected chi connectivity index (χ4v) is 1.64. The van der Waals surface area contributed by atoms with Gasteiger partial charge < -0.3 is 0 Å². The highest BCUT2D eigenvalue weighted by atomic mass is 32.2. The zero-order chi connectivity index (χ0) is 9.35. The number of hydrazone groups is 1. The first-order chi connectivity index (χ1) is 5.41. The Morgan fingerprint density at radius 2 is 2.08 bits per heavy atom. The van der Waals surface area contributed by atoms with Crippen LogP contribution in [0, 0.1) is 0 Å². The van der Waals surface area contributed by atoms with Gasteiger partial charge in [-0.25, -0.2) is 0 Å². The zero-order valence-electron chi connectivity index (χ0n) is 6.72. The highest BCUT2D eigenvalue weighted by Gasteiger charge is 2.40. The molecule has 1 aliphatic heterocycles. The Kier molecular flexibility index (Phi) is 2.55. The number of rotatable bonds is 1. The molecule has 0 aliphatic carbocycles. The molecule has 12 heavy (non-hydrogen) atoms. The van der Waals surface area contributed by atoms with Crippen LogP contribution in [-0.2, 0) is 0 Å². The molecule has 0 saturated heterocycles. The highest BCUT2D eigenvalue weighted by molar-refractivity contribution is 8.14. The summed E-state index contributed by atoms with van der Waals surface area (Å²) >= 11 is 0.737. The largest absolute Gasteiger partial charge is 0.441 e. The van der Waals surface area contributed by atoms with Crippen LogP contribution >= 0.6 is 11.8 Å². The fraction of sp³-hybridized carbons (Fsp3) is 0.833. The van der Waals surface area contributed by atoms with Gasteiger partial charge in [-0.1, -0.05) is 11.8 Å². The molecule has 2 nitrogen and oxygen atoms in total. The van der Waals surface area contributed by atoms with Gasteiger partial charge in [0.05, 0.1) is 5.88 Å². The van der Waals surface area contributed by atoms with Gasteiger partial charge in [-0.3, -0.25) is 5.01 Å². The smallest absolute Gasteiger partial charge is 0.283 e. The molecule has 6 heteroatoms. The average molecular weight is 198 g/mol. The van der Waals surface area contributed by atoms with Crippen LogP contribution < -0.4 is 0 Å². The maximum Gasteiger partial charge on any atom is 0.441 e. The summed E-state index contributed by atoms with van der Waals surface area (Å²) in [6.07, 6.45) is -4.28. The Morgan fingerprint density at radius 1 is 1.50 bits per heavy atom. The second-order valence-corrected chi connectivity index (χ2v) is 3.64. The minimum Gasteiger partial charge on any atom is -0.283 e. The molecule has 0 aromatic carbocycles.